The minimum Gasteiger partial charge on any atom is -0.445 e. The molecule has 0 bridgehead atoms. The largest absolute Gasteiger partial charge is 0.445 e. The lowest BCUT2D eigenvalue weighted by Crippen LogP contribution is -2.50. The Morgan fingerprint density at radius 1 is 1.06 bits per heavy atom. The van der Waals surface area contributed by atoms with Crippen LogP contribution in [0.4, 0.5) is 15.4 Å². The zero-order valence-electron chi connectivity index (χ0n) is 20.3. The van der Waals surface area contributed by atoms with Gasteiger partial charge in [-0.1, -0.05) is 36.4 Å². The van der Waals surface area contributed by atoms with Crippen LogP contribution >= 0.6 is 0 Å². The highest BCUT2D eigenvalue weighted by atomic mass is 16.6. The van der Waals surface area contributed by atoms with Gasteiger partial charge in [0.15, 0.2) is 0 Å². The Balaban J connectivity index is 1.26. The number of amides is 2. The third kappa shape index (κ3) is 6.40. The number of nitrogens with zero attached hydrogens (tertiary/aromatic N) is 3. The number of benzene rings is 1. The molecule has 0 radical (unpaired) electrons. The first kappa shape index (κ1) is 23.9. The number of hydrogen-bond acceptors (Lipinski definition) is 6. The third-order valence-electron chi connectivity index (χ3n) is 6.04. The fourth-order valence-electron chi connectivity index (χ4n) is 4.27. The molecule has 1 aromatic heterocycles. The molecule has 2 amide bonds. The van der Waals surface area contributed by atoms with Gasteiger partial charge in [-0.15, -0.1) is 0 Å². The molecule has 1 unspecified atom stereocenters. The van der Waals surface area contributed by atoms with Crippen LogP contribution in [0.1, 0.15) is 44.0 Å². The van der Waals surface area contributed by atoms with E-state index in [4.69, 9.17) is 14.5 Å². The Hall–Kier alpha value is -3.29. The van der Waals surface area contributed by atoms with Gasteiger partial charge >= 0.3 is 12.2 Å². The first-order chi connectivity index (χ1) is 16.3. The summed E-state index contributed by atoms with van der Waals surface area (Å²) in [4.78, 5) is 33.4. The Morgan fingerprint density at radius 3 is 2.50 bits per heavy atom. The summed E-state index contributed by atoms with van der Waals surface area (Å²) >= 11 is 0. The molecule has 0 saturated carbocycles. The van der Waals surface area contributed by atoms with Gasteiger partial charge in [0.25, 0.3) is 0 Å². The number of alkyl carbamates (subject to hydrolysis) is 1. The highest BCUT2D eigenvalue weighted by molar-refractivity contribution is 5.69. The number of rotatable bonds is 4. The number of carbonyl (C=O) groups excluding carboxylic acids is 2. The molecule has 182 valence electrons. The van der Waals surface area contributed by atoms with E-state index in [0.29, 0.717) is 13.1 Å². The van der Waals surface area contributed by atoms with Crippen LogP contribution in [0.25, 0.3) is 0 Å². The predicted octanol–water partition coefficient (Wildman–Crippen LogP) is 3.92. The average molecular weight is 467 g/mol. The topological polar surface area (TPSA) is 84.0 Å². The number of anilines is 1. The molecule has 1 aliphatic heterocycles. The van der Waals surface area contributed by atoms with Crippen molar-refractivity contribution in [3.05, 3.63) is 59.3 Å². The maximum absolute atomic E-state index is 12.3. The van der Waals surface area contributed by atoms with Crippen molar-refractivity contribution in [1.82, 2.24) is 15.2 Å². The second kappa shape index (κ2) is 10.3. The zero-order chi connectivity index (χ0) is 24.1. The number of aromatic nitrogens is 1. The second-order valence-corrected chi connectivity index (χ2v) is 9.88. The van der Waals surface area contributed by atoms with Crippen molar-refractivity contribution in [1.29, 1.82) is 0 Å². The number of hydrogen-bond donors (Lipinski definition) is 1. The van der Waals surface area contributed by atoms with Crippen LogP contribution in [0.15, 0.2) is 42.5 Å². The first-order valence-electron chi connectivity index (χ1n) is 12.0. The van der Waals surface area contributed by atoms with Gasteiger partial charge in [-0.3, -0.25) is 0 Å². The van der Waals surface area contributed by atoms with E-state index in [0.717, 1.165) is 55.0 Å². The van der Waals surface area contributed by atoms with Crippen LogP contribution in [0, 0.1) is 0 Å². The maximum Gasteiger partial charge on any atom is 0.410 e. The molecule has 8 heteroatoms. The summed E-state index contributed by atoms with van der Waals surface area (Å²) in [6.07, 6.45) is 1.74. The van der Waals surface area contributed by atoms with Crippen molar-refractivity contribution >= 4 is 18.0 Å². The van der Waals surface area contributed by atoms with Gasteiger partial charge in [0, 0.05) is 37.9 Å². The number of pyridine rings is 1. The summed E-state index contributed by atoms with van der Waals surface area (Å²) in [6.45, 7) is 8.59. The van der Waals surface area contributed by atoms with E-state index in [2.05, 4.69) is 16.3 Å². The Kier molecular flexibility index (Phi) is 7.24. The molecule has 1 fully saturated rings. The van der Waals surface area contributed by atoms with Gasteiger partial charge < -0.3 is 24.6 Å². The molecule has 8 nitrogen and oxygen atoms in total. The molecule has 34 heavy (non-hydrogen) atoms. The smallest absolute Gasteiger partial charge is 0.410 e. The monoisotopic (exact) mass is 466 g/mol. The van der Waals surface area contributed by atoms with Gasteiger partial charge in [-0.25, -0.2) is 14.6 Å². The van der Waals surface area contributed by atoms with Crippen LogP contribution in [-0.2, 0) is 28.9 Å². The minimum absolute atomic E-state index is 0.0424. The molecule has 2 heterocycles. The van der Waals surface area contributed by atoms with E-state index in [1.165, 1.54) is 0 Å². The molecule has 1 atom stereocenters. The van der Waals surface area contributed by atoms with Crippen LogP contribution in [0.3, 0.4) is 0 Å². The quantitative estimate of drug-likeness (QED) is 0.735. The number of carbonyl (C=O) groups is 2. The standard InChI is InChI=1S/C26H34N4O4/c1-26(2,3)34-25(32)30-15-13-29(14-16-30)23-12-9-20-17-21(10-11-22(20)28-23)27-24(31)33-18-19-7-5-4-6-8-19/h4-9,12,21H,10-11,13-18H2,1-3H3,(H,27,31). The number of piperazine rings is 1. The first-order valence-corrected chi connectivity index (χ1v) is 12.0. The lowest BCUT2D eigenvalue weighted by Gasteiger charge is -2.36. The Labute approximate surface area is 201 Å². The number of nitrogens with one attached hydrogen (secondary N) is 1. The van der Waals surface area contributed by atoms with Crippen molar-refractivity contribution < 1.29 is 19.1 Å². The number of fused-ring (bicyclic) bond motifs is 1. The van der Waals surface area contributed by atoms with E-state index in [-0.39, 0.29) is 24.8 Å². The van der Waals surface area contributed by atoms with Gasteiger partial charge in [0.1, 0.15) is 18.0 Å². The molecule has 0 spiro atoms. The molecule has 1 aliphatic carbocycles. The van der Waals surface area contributed by atoms with Crippen molar-refractivity contribution in [3.8, 4) is 0 Å². The molecule has 1 N–H and O–H groups in total. The lowest BCUT2D eigenvalue weighted by atomic mass is 9.92. The van der Waals surface area contributed by atoms with Crippen molar-refractivity contribution in [2.75, 3.05) is 31.1 Å². The molecule has 1 saturated heterocycles. The number of ether oxygens (including phenoxy) is 2. The predicted molar refractivity (Wildman–Crippen MR) is 130 cm³/mol. The summed E-state index contributed by atoms with van der Waals surface area (Å²) in [7, 11) is 0. The van der Waals surface area contributed by atoms with Gasteiger partial charge in [0.05, 0.1) is 0 Å². The molecule has 1 aromatic carbocycles. The molecular weight excluding hydrogens is 432 g/mol. The highest BCUT2D eigenvalue weighted by Crippen LogP contribution is 2.24. The van der Waals surface area contributed by atoms with Gasteiger partial charge in [0.2, 0.25) is 0 Å². The van der Waals surface area contributed by atoms with Crippen LogP contribution in [-0.4, -0.2) is 59.9 Å². The lowest BCUT2D eigenvalue weighted by molar-refractivity contribution is 0.0240. The summed E-state index contributed by atoms with van der Waals surface area (Å²) in [5, 5.41) is 2.99. The summed E-state index contributed by atoms with van der Waals surface area (Å²) in [5.74, 6) is 0.941. The maximum atomic E-state index is 12.3. The average Bonchev–Trinajstić information content (AvgIpc) is 2.82. The van der Waals surface area contributed by atoms with Gasteiger partial charge in [-0.2, -0.15) is 0 Å². The van der Waals surface area contributed by atoms with E-state index in [1.807, 2.05) is 57.2 Å². The van der Waals surface area contributed by atoms with Crippen LogP contribution in [0.5, 0.6) is 0 Å². The van der Waals surface area contributed by atoms with Gasteiger partial charge in [-0.05, 0) is 57.2 Å². The van der Waals surface area contributed by atoms with E-state index >= 15 is 0 Å². The fraction of sp³-hybridized carbons (Fsp3) is 0.500. The van der Waals surface area contributed by atoms with E-state index < -0.39 is 5.60 Å². The number of aryl methyl sites for hydroxylation is 1. The minimum atomic E-state index is -0.486. The SMILES string of the molecule is CC(C)(C)OC(=O)N1CCN(c2ccc3c(n2)CCC(NC(=O)OCc2ccccc2)C3)CC1. The normalized spacial score (nSPS) is 18.1. The molecule has 2 aromatic rings. The molecule has 2 aliphatic rings. The van der Waals surface area contributed by atoms with Crippen LogP contribution < -0.4 is 10.2 Å². The van der Waals surface area contributed by atoms with Crippen molar-refractivity contribution in [2.24, 2.45) is 0 Å². The highest BCUT2D eigenvalue weighted by Gasteiger charge is 2.27. The van der Waals surface area contributed by atoms with E-state index in [1.54, 1.807) is 4.90 Å². The van der Waals surface area contributed by atoms with Crippen molar-refractivity contribution in [3.63, 3.8) is 0 Å². The third-order valence-corrected chi connectivity index (χ3v) is 6.04. The summed E-state index contributed by atoms with van der Waals surface area (Å²) < 4.78 is 10.8. The zero-order valence-corrected chi connectivity index (χ0v) is 20.3. The van der Waals surface area contributed by atoms with Crippen molar-refractivity contribution in [2.45, 2.75) is 58.3 Å². The molecule has 4 rings (SSSR count). The Bertz CT molecular complexity index is 998. The fourth-order valence-corrected chi connectivity index (χ4v) is 4.27. The van der Waals surface area contributed by atoms with Crippen LogP contribution in [0.2, 0.25) is 0 Å². The second-order valence-electron chi connectivity index (χ2n) is 9.88. The van der Waals surface area contributed by atoms with E-state index in [9.17, 15) is 9.59 Å². The Morgan fingerprint density at radius 2 is 1.79 bits per heavy atom. The summed E-state index contributed by atoms with van der Waals surface area (Å²) in [6, 6.07) is 13.9. The molecular formula is C26H34N4O4. The summed E-state index contributed by atoms with van der Waals surface area (Å²) in [5.41, 5.74) is 2.73.